The second-order valence-corrected chi connectivity index (χ2v) is 3.89. The van der Waals surface area contributed by atoms with Crippen LogP contribution >= 0.6 is 23.2 Å². The van der Waals surface area contributed by atoms with Gasteiger partial charge in [0.25, 0.3) is 0 Å². The minimum Gasteiger partial charge on any atom is -0.399 e. The summed E-state index contributed by atoms with van der Waals surface area (Å²) in [7, 11) is 0. The molecule has 4 nitrogen and oxygen atoms in total. The molecule has 1 aromatic heterocycles. The molecule has 16 heavy (non-hydrogen) atoms. The largest absolute Gasteiger partial charge is 0.399 e. The summed E-state index contributed by atoms with van der Waals surface area (Å²) in [5, 5.41) is 3.85. The van der Waals surface area contributed by atoms with Crippen molar-refractivity contribution in [3.8, 4) is 0 Å². The molecule has 0 atom stereocenters. The van der Waals surface area contributed by atoms with Crippen LogP contribution in [0.3, 0.4) is 0 Å². The van der Waals surface area contributed by atoms with Crippen LogP contribution in [-0.2, 0) is 0 Å². The zero-order valence-corrected chi connectivity index (χ0v) is 9.63. The minimum atomic E-state index is 0.310. The maximum absolute atomic E-state index is 5.99. The Bertz CT molecular complexity index is 516. The summed E-state index contributed by atoms with van der Waals surface area (Å²) in [4.78, 5) is 7.93. The van der Waals surface area contributed by atoms with E-state index in [1.807, 2.05) is 0 Å². The number of benzene rings is 1. The molecule has 0 aliphatic rings. The van der Waals surface area contributed by atoms with Crippen LogP contribution < -0.4 is 11.1 Å². The fourth-order valence-corrected chi connectivity index (χ4v) is 1.49. The molecule has 2 rings (SSSR count). The van der Waals surface area contributed by atoms with Crippen LogP contribution in [0.25, 0.3) is 0 Å². The number of hydrogen-bond acceptors (Lipinski definition) is 4. The first-order valence-corrected chi connectivity index (χ1v) is 5.20. The summed E-state index contributed by atoms with van der Waals surface area (Å²) in [6.45, 7) is 0. The maximum Gasteiger partial charge on any atom is 0.150 e. The third-order valence-electron chi connectivity index (χ3n) is 1.86. The summed E-state index contributed by atoms with van der Waals surface area (Å²) < 4.78 is 0. The lowest BCUT2D eigenvalue weighted by Gasteiger charge is -2.07. The van der Waals surface area contributed by atoms with Crippen molar-refractivity contribution in [1.29, 1.82) is 0 Å². The molecule has 0 aliphatic carbocycles. The van der Waals surface area contributed by atoms with Gasteiger partial charge in [-0.2, -0.15) is 0 Å². The first-order valence-electron chi connectivity index (χ1n) is 4.45. The monoisotopic (exact) mass is 254 g/mol. The van der Waals surface area contributed by atoms with Gasteiger partial charge in [-0.1, -0.05) is 23.2 Å². The Hall–Kier alpha value is -1.52. The predicted molar refractivity (Wildman–Crippen MR) is 66.2 cm³/mol. The van der Waals surface area contributed by atoms with Crippen molar-refractivity contribution in [3.05, 3.63) is 40.8 Å². The Morgan fingerprint density at radius 1 is 1.19 bits per heavy atom. The maximum atomic E-state index is 5.99. The van der Waals surface area contributed by atoms with Crippen LogP contribution in [-0.4, -0.2) is 9.97 Å². The van der Waals surface area contributed by atoms with Gasteiger partial charge in [-0.25, -0.2) is 4.98 Å². The molecule has 0 radical (unpaired) electrons. The van der Waals surface area contributed by atoms with E-state index in [9.17, 15) is 0 Å². The van der Waals surface area contributed by atoms with Crippen molar-refractivity contribution in [1.82, 2.24) is 9.97 Å². The zero-order valence-electron chi connectivity index (χ0n) is 8.11. The van der Waals surface area contributed by atoms with Crippen molar-refractivity contribution >= 4 is 40.4 Å². The fraction of sp³-hybridized carbons (Fsp3) is 0. The Kier molecular flexibility index (Phi) is 3.12. The number of nitrogen functional groups attached to an aromatic ring is 1. The highest BCUT2D eigenvalue weighted by Crippen LogP contribution is 2.26. The molecule has 1 aromatic carbocycles. The Morgan fingerprint density at radius 3 is 2.75 bits per heavy atom. The van der Waals surface area contributed by atoms with Crippen molar-refractivity contribution in [2.45, 2.75) is 0 Å². The number of aromatic nitrogens is 2. The number of rotatable bonds is 2. The Balaban J connectivity index is 2.30. The first kappa shape index (κ1) is 11.0. The molecule has 82 valence electrons. The average Bonchev–Trinajstić information content (AvgIpc) is 2.24. The lowest BCUT2D eigenvalue weighted by molar-refractivity contribution is 1.20. The number of hydrogen-bond donors (Lipinski definition) is 2. The van der Waals surface area contributed by atoms with Gasteiger partial charge >= 0.3 is 0 Å². The van der Waals surface area contributed by atoms with E-state index >= 15 is 0 Å². The Labute approximate surface area is 102 Å². The molecular formula is C10H8Cl2N4. The molecule has 0 fully saturated rings. The SMILES string of the molecule is Nc1ccc(Cl)c(Nc2cncc(Cl)n2)c1. The van der Waals surface area contributed by atoms with Gasteiger partial charge in [0.1, 0.15) is 5.15 Å². The van der Waals surface area contributed by atoms with Crippen molar-refractivity contribution in [3.63, 3.8) is 0 Å². The highest BCUT2D eigenvalue weighted by molar-refractivity contribution is 6.33. The number of nitrogens with zero attached hydrogens (tertiary/aromatic N) is 2. The van der Waals surface area contributed by atoms with Gasteiger partial charge in [0.15, 0.2) is 5.82 Å². The van der Waals surface area contributed by atoms with Gasteiger partial charge < -0.3 is 11.1 Å². The van der Waals surface area contributed by atoms with Crippen LogP contribution in [0.5, 0.6) is 0 Å². The van der Waals surface area contributed by atoms with Gasteiger partial charge in [-0.15, -0.1) is 0 Å². The molecule has 0 unspecified atom stereocenters. The summed E-state index contributed by atoms with van der Waals surface area (Å²) in [5.74, 6) is 0.514. The summed E-state index contributed by atoms with van der Waals surface area (Å²) in [6.07, 6.45) is 3.00. The summed E-state index contributed by atoms with van der Waals surface area (Å²) in [5.41, 5.74) is 6.93. The van der Waals surface area contributed by atoms with Crippen molar-refractivity contribution in [2.24, 2.45) is 0 Å². The van der Waals surface area contributed by atoms with Gasteiger partial charge in [0.2, 0.25) is 0 Å². The molecule has 1 heterocycles. The molecule has 6 heteroatoms. The summed E-state index contributed by atoms with van der Waals surface area (Å²) in [6, 6.07) is 5.14. The smallest absolute Gasteiger partial charge is 0.150 e. The molecule has 0 aliphatic heterocycles. The average molecular weight is 255 g/mol. The molecule has 0 spiro atoms. The van der Waals surface area contributed by atoms with E-state index < -0.39 is 0 Å². The molecule has 0 saturated carbocycles. The molecule has 0 saturated heterocycles. The highest BCUT2D eigenvalue weighted by Gasteiger charge is 2.02. The lowest BCUT2D eigenvalue weighted by atomic mass is 10.3. The normalized spacial score (nSPS) is 10.1. The highest BCUT2D eigenvalue weighted by atomic mass is 35.5. The van der Waals surface area contributed by atoms with E-state index in [-0.39, 0.29) is 0 Å². The van der Waals surface area contributed by atoms with Crippen LogP contribution in [0.15, 0.2) is 30.6 Å². The van der Waals surface area contributed by atoms with E-state index in [4.69, 9.17) is 28.9 Å². The molecule has 0 bridgehead atoms. The quantitative estimate of drug-likeness (QED) is 0.809. The fourth-order valence-electron chi connectivity index (χ4n) is 1.18. The Morgan fingerprint density at radius 2 is 2.00 bits per heavy atom. The van der Waals surface area contributed by atoms with Crippen molar-refractivity contribution in [2.75, 3.05) is 11.1 Å². The van der Waals surface area contributed by atoms with Gasteiger partial charge in [-0.05, 0) is 18.2 Å². The lowest BCUT2D eigenvalue weighted by Crippen LogP contribution is -1.96. The molecule has 3 N–H and O–H groups in total. The van der Waals surface area contributed by atoms with Crippen LogP contribution in [0, 0.1) is 0 Å². The standard InChI is InChI=1S/C10H8Cl2N4/c11-7-2-1-6(13)3-8(7)15-10-5-14-4-9(12)16-10/h1-5H,13H2,(H,15,16). The van der Waals surface area contributed by atoms with Crippen molar-refractivity contribution < 1.29 is 0 Å². The van der Waals surface area contributed by atoms with Gasteiger partial charge in [-0.3, -0.25) is 4.98 Å². The van der Waals surface area contributed by atoms with Gasteiger partial charge in [0.05, 0.1) is 23.1 Å². The second kappa shape index (κ2) is 4.55. The first-order chi connectivity index (χ1) is 7.65. The van der Waals surface area contributed by atoms with Crippen LogP contribution in [0.2, 0.25) is 10.2 Å². The van der Waals surface area contributed by atoms with E-state index in [0.717, 1.165) is 0 Å². The van der Waals surface area contributed by atoms with E-state index in [2.05, 4.69) is 15.3 Å². The molecular weight excluding hydrogens is 247 g/mol. The third-order valence-corrected chi connectivity index (χ3v) is 2.37. The van der Waals surface area contributed by atoms with E-state index in [1.54, 1.807) is 24.4 Å². The molecule has 2 aromatic rings. The van der Waals surface area contributed by atoms with Gasteiger partial charge in [0, 0.05) is 5.69 Å². The predicted octanol–water partition coefficient (Wildman–Crippen LogP) is 3.11. The summed E-state index contributed by atoms with van der Waals surface area (Å²) >= 11 is 11.7. The number of nitrogens with one attached hydrogen (secondary N) is 1. The van der Waals surface area contributed by atoms with Crippen LogP contribution in [0.4, 0.5) is 17.2 Å². The third kappa shape index (κ3) is 2.53. The number of anilines is 3. The second-order valence-electron chi connectivity index (χ2n) is 3.09. The minimum absolute atomic E-state index is 0.310. The van der Waals surface area contributed by atoms with E-state index in [0.29, 0.717) is 27.4 Å². The molecule has 0 amide bonds. The van der Waals surface area contributed by atoms with E-state index in [1.165, 1.54) is 6.20 Å². The number of halogens is 2. The topological polar surface area (TPSA) is 63.8 Å². The van der Waals surface area contributed by atoms with Crippen LogP contribution in [0.1, 0.15) is 0 Å². The zero-order chi connectivity index (χ0) is 11.5. The number of nitrogens with two attached hydrogens (primary N) is 1.